The van der Waals surface area contributed by atoms with Crippen LogP contribution in [0.5, 0.6) is 11.5 Å². The molecule has 3 heterocycles. The summed E-state index contributed by atoms with van der Waals surface area (Å²) < 4.78 is 34.5. The summed E-state index contributed by atoms with van der Waals surface area (Å²) in [6, 6.07) is 32.5. The SMILES string of the molecule is Cc1cc(S(C)(=O)=O)cc(C)c1-c1cnn(-c2[c-]c(Oc3[c-]c4c(cc3)c3ccccc3n4-c3cc(CC(C)C)ccn3)ccc2)c1.[Pt+2]. The second-order valence-electron chi connectivity index (χ2n) is 12.4. The molecule has 7 rings (SSSR count). The molecule has 0 saturated heterocycles. The van der Waals surface area contributed by atoms with Gasteiger partial charge in [0.1, 0.15) is 5.82 Å². The molecule has 0 unspecified atom stereocenters. The Kier molecular flexibility index (Phi) is 9.16. The number of pyridine rings is 1. The Hall–Kier alpha value is -4.52. The van der Waals surface area contributed by atoms with Crippen molar-refractivity contribution >= 4 is 31.6 Å². The molecular weight excluding hydrogens is 800 g/mol. The van der Waals surface area contributed by atoms with E-state index < -0.39 is 9.84 Å². The summed E-state index contributed by atoms with van der Waals surface area (Å²) in [5, 5.41) is 6.79. The van der Waals surface area contributed by atoms with Crippen LogP contribution in [0, 0.1) is 31.9 Å². The third-order valence-electron chi connectivity index (χ3n) is 8.27. The van der Waals surface area contributed by atoms with E-state index in [0.29, 0.717) is 28.0 Å². The van der Waals surface area contributed by atoms with Gasteiger partial charge in [-0.25, -0.2) is 13.4 Å². The first kappa shape index (κ1) is 33.4. The maximum Gasteiger partial charge on any atom is 2.00 e. The van der Waals surface area contributed by atoms with Crippen molar-refractivity contribution in [2.24, 2.45) is 5.92 Å². The predicted octanol–water partition coefficient (Wildman–Crippen LogP) is 8.64. The van der Waals surface area contributed by atoms with Gasteiger partial charge in [-0.2, -0.15) is 17.2 Å². The van der Waals surface area contributed by atoms with E-state index in [-0.39, 0.29) is 21.1 Å². The molecule has 0 aliphatic carbocycles. The zero-order valence-corrected chi connectivity index (χ0v) is 30.3. The molecule has 244 valence electrons. The average molecular weight is 834 g/mol. The standard InChI is InChI=1S/C39H34N4O3S.Pt/c1-25(2)17-28-15-16-40-38(20-28)43-36-12-7-6-11-34(36)35-14-13-32(22-37(35)43)46-31-10-8-9-30(21-31)42-24-29(23-41-42)39-26(3)18-33(19-27(39)4)47(5,44)45;/h6-16,18-20,23-25H,17H2,1-5H3;/q-2;+2. The van der Waals surface area contributed by atoms with Crippen molar-refractivity contribution in [1.29, 1.82) is 0 Å². The van der Waals surface area contributed by atoms with Crippen molar-refractivity contribution in [2.75, 3.05) is 6.26 Å². The summed E-state index contributed by atoms with van der Waals surface area (Å²) in [6.45, 7) is 8.27. The van der Waals surface area contributed by atoms with Crippen molar-refractivity contribution in [1.82, 2.24) is 19.3 Å². The summed E-state index contributed by atoms with van der Waals surface area (Å²) in [5.74, 6) is 2.48. The quantitative estimate of drug-likeness (QED) is 0.143. The average Bonchev–Trinajstić information content (AvgIpc) is 3.63. The van der Waals surface area contributed by atoms with Gasteiger partial charge in [-0.15, -0.1) is 35.7 Å². The molecule has 0 N–H and O–H groups in total. The number of hydrogen-bond acceptors (Lipinski definition) is 5. The van der Waals surface area contributed by atoms with Gasteiger partial charge in [0.15, 0.2) is 9.84 Å². The normalized spacial score (nSPS) is 11.7. The van der Waals surface area contributed by atoms with E-state index in [4.69, 9.17) is 9.72 Å². The molecular formula is C39H34N4O3PtS. The van der Waals surface area contributed by atoms with Crippen LogP contribution in [-0.2, 0) is 37.3 Å². The van der Waals surface area contributed by atoms with E-state index in [1.807, 2.05) is 62.6 Å². The molecule has 0 bridgehead atoms. The Balaban J connectivity index is 0.00000401. The zero-order chi connectivity index (χ0) is 32.9. The van der Waals surface area contributed by atoms with Gasteiger partial charge in [0, 0.05) is 41.2 Å². The molecule has 48 heavy (non-hydrogen) atoms. The maximum atomic E-state index is 12.1. The number of hydrogen-bond donors (Lipinski definition) is 0. The molecule has 0 atom stereocenters. The molecule has 9 heteroatoms. The molecule has 0 aliphatic rings. The zero-order valence-electron chi connectivity index (χ0n) is 27.3. The van der Waals surface area contributed by atoms with E-state index >= 15 is 0 Å². The van der Waals surface area contributed by atoms with Crippen molar-refractivity contribution in [3.63, 3.8) is 0 Å². The van der Waals surface area contributed by atoms with Crippen molar-refractivity contribution in [2.45, 2.75) is 39.0 Å². The number of fused-ring (bicyclic) bond motifs is 3. The molecule has 7 nitrogen and oxygen atoms in total. The van der Waals surface area contributed by atoms with Gasteiger partial charge in [0.05, 0.1) is 11.1 Å². The second-order valence-corrected chi connectivity index (χ2v) is 14.5. The molecule has 7 aromatic rings. The van der Waals surface area contributed by atoms with Crippen LogP contribution in [0.3, 0.4) is 0 Å². The first-order chi connectivity index (χ1) is 22.5. The molecule has 0 fully saturated rings. The fraction of sp³-hybridized carbons (Fsp3) is 0.179. The fourth-order valence-corrected chi connectivity index (χ4v) is 7.06. The molecule has 0 aliphatic heterocycles. The molecule has 0 saturated carbocycles. The molecule has 3 aromatic heterocycles. The van der Waals surface area contributed by atoms with Crippen LogP contribution in [0.15, 0.2) is 102 Å². The smallest absolute Gasteiger partial charge is 0.509 e. The van der Waals surface area contributed by atoms with Crippen LogP contribution in [-0.4, -0.2) is 34.0 Å². The minimum absolute atomic E-state index is 0. The van der Waals surface area contributed by atoms with E-state index in [2.05, 4.69) is 66.0 Å². The van der Waals surface area contributed by atoms with Crippen LogP contribution >= 0.6 is 0 Å². The van der Waals surface area contributed by atoms with E-state index in [0.717, 1.165) is 56.3 Å². The first-order valence-electron chi connectivity index (χ1n) is 15.5. The molecule has 0 radical (unpaired) electrons. The summed E-state index contributed by atoms with van der Waals surface area (Å²) in [6.07, 6.45) is 7.78. The number of nitrogens with zero attached hydrogens (tertiary/aromatic N) is 4. The minimum atomic E-state index is -3.30. The minimum Gasteiger partial charge on any atom is -0.509 e. The van der Waals surface area contributed by atoms with Crippen LogP contribution < -0.4 is 4.74 Å². The van der Waals surface area contributed by atoms with Gasteiger partial charge in [-0.1, -0.05) is 37.6 Å². The van der Waals surface area contributed by atoms with Gasteiger partial charge in [-0.3, -0.25) is 4.68 Å². The van der Waals surface area contributed by atoms with Crippen molar-refractivity contribution in [3.8, 4) is 34.1 Å². The summed E-state index contributed by atoms with van der Waals surface area (Å²) >= 11 is 0. The second kappa shape index (κ2) is 13.2. The van der Waals surface area contributed by atoms with Crippen molar-refractivity contribution in [3.05, 3.63) is 126 Å². The summed E-state index contributed by atoms with van der Waals surface area (Å²) in [5.41, 5.74) is 7.48. The van der Waals surface area contributed by atoms with Gasteiger partial charge < -0.3 is 9.30 Å². The van der Waals surface area contributed by atoms with Crippen LogP contribution in [0.1, 0.15) is 30.5 Å². The number of aryl methyl sites for hydroxylation is 2. The maximum absolute atomic E-state index is 12.1. The molecule has 0 amide bonds. The Bertz CT molecular complexity index is 2390. The number of sulfone groups is 1. The van der Waals surface area contributed by atoms with Gasteiger partial charge >= 0.3 is 21.1 Å². The molecule has 0 spiro atoms. The Labute approximate surface area is 295 Å². The third kappa shape index (κ3) is 6.47. The Morgan fingerprint density at radius 2 is 1.62 bits per heavy atom. The van der Waals surface area contributed by atoms with E-state index in [9.17, 15) is 8.42 Å². The summed E-state index contributed by atoms with van der Waals surface area (Å²) in [7, 11) is -3.30. The van der Waals surface area contributed by atoms with Crippen LogP contribution in [0.4, 0.5) is 0 Å². The number of aromatic nitrogens is 4. The summed E-state index contributed by atoms with van der Waals surface area (Å²) in [4.78, 5) is 5.07. The largest absolute Gasteiger partial charge is 2.00 e. The number of rotatable bonds is 8. The van der Waals surface area contributed by atoms with Gasteiger partial charge in [-0.05, 0) is 89.8 Å². The molecule has 4 aromatic carbocycles. The van der Waals surface area contributed by atoms with Crippen molar-refractivity contribution < 1.29 is 34.2 Å². The van der Waals surface area contributed by atoms with E-state index in [1.165, 1.54) is 11.8 Å². The third-order valence-corrected chi connectivity index (χ3v) is 9.36. The van der Waals surface area contributed by atoms with Gasteiger partial charge in [0.25, 0.3) is 0 Å². The first-order valence-corrected chi connectivity index (χ1v) is 17.4. The Morgan fingerprint density at radius 1 is 0.875 bits per heavy atom. The predicted molar refractivity (Wildman–Crippen MR) is 186 cm³/mol. The Morgan fingerprint density at radius 3 is 2.38 bits per heavy atom. The fourth-order valence-electron chi connectivity index (χ4n) is 6.28. The van der Waals surface area contributed by atoms with Crippen LogP contribution in [0.2, 0.25) is 0 Å². The number of ether oxygens (including phenoxy) is 1. The topological polar surface area (TPSA) is 79.0 Å². The van der Waals surface area contributed by atoms with E-state index in [1.54, 1.807) is 23.0 Å². The monoisotopic (exact) mass is 833 g/mol. The van der Waals surface area contributed by atoms with Crippen LogP contribution in [0.25, 0.3) is 44.4 Å². The van der Waals surface area contributed by atoms with Gasteiger partial charge in [0.2, 0.25) is 0 Å². The number of para-hydroxylation sites is 1. The number of benzene rings is 4.